The topological polar surface area (TPSA) is 47.6 Å². The molecule has 0 radical (unpaired) electrons. The molecule has 17 heavy (non-hydrogen) atoms. The number of benzene rings is 1. The molecule has 1 heterocycles. The molecule has 1 unspecified atom stereocenters. The van der Waals surface area contributed by atoms with E-state index in [1.807, 2.05) is 24.3 Å². The van der Waals surface area contributed by atoms with Gasteiger partial charge in [-0.15, -0.1) is 0 Å². The zero-order valence-corrected chi connectivity index (χ0v) is 9.72. The fourth-order valence-corrected chi connectivity index (χ4v) is 1.84. The molecule has 0 spiro atoms. The largest absolute Gasteiger partial charge is 0.491 e. The number of carbonyl (C=O) groups is 1. The predicted octanol–water partition coefficient (Wildman–Crippen LogP) is 2.20. The lowest BCUT2D eigenvalue weighted by Gasteiger charge is -2.22. The van der Waals surface area contributed by atoms with E-state index in [-0.39, 0.29) is 6.10 Å². The standard InChI is InChI=1S/C13H17NO3/c15-10-14-11-4-6-12(7-5-11)17-9-13-3-1-2-8-16-13/h4-7,10,13H,1-3,8-9H2,(H,14,15). The van der Waals surface area contributed by atoms with Crippen molar-refractivity contribution in [3.05, 3.63) is 24.3 Å². The van der Waals surface area contributed by atoms with Crippen LogP contribution in [0.1, 0.15) is 19.3 Å². The highest BCUT2D eigenvalue weighted by atomic mass is 16.5. The van der Waals surface area contributed by atoms with Crippen molar-refractivity contribution in [3.63, 3.8) is 0 Å². The average molecular weight is 235 g/mol. The van der Waals surface area contributed by atoms with E-state index in [9.17, 15) is 4.79 Å². The van der Waals surface area contributed by atoms with E-state index in [4.69, 9.17) is 9.47 Å². The maximum absolute atomic E-state index is 10.2. The summed E-state index contributed by atoms with van der Waals surface area (Å²) < 4.78 is 11.2. The summed E-state index contributed by atoms with van der Waals surface area (Å²) in [6.07, 6.45) is 4.33. The van der Waals surface area contributed by atoms with Gasteiger partial charge in [0.05, 0.1) is 6.10 Å². The van der Waals surface area contributed by atoms with E-state index in [0.29, 0.717) is 13.0 Å². The Morgan fingerprint density at radius 2 is 2.18 bits per heavy atom. The van der Waals surface area contributed by atoms with Crippen LogP contribution in [0.25, 0.3) is 0 Å². The van der Waals surface area contributed by atoms with Crippen LogP contribution in [0, 0.1) is 0 Å². The molecular formula is C13H17NO3. The lowest BCUT2D eigenvalue weighted by molar-refractivity contribution is -0.105. The molecule has 1 N–H and O–H groups in total. The molecule has 0 bridgehead atoms. The minimum atomic E-state index is 0.219. The van der Waals surface area contributed by atoms with Gasteiger partial charge in [0.2, 0.25) is 6.41 Å². The molecule has 1 fully saturated rings. The fourth-order valence-electron chi connectivity index (χ4n) is 1.84. The summed E-state index contributed by atoms with van der Waals surface area (Å²) in [6.45, 7) is 1.44. The van der Waals surface area contributed by atoms with Gasteiger partial charge in [-0.3, -0.25) is 4.79 Å². The average Bonchev–Trinajstić information content (AvgIpc) is 2.40. The first-order chi connectivity index (χ1) is 8.38. The van der Waals surface area contributed by atoms with Gasteiger partial charge in [-0.05, 0) is 43.5 Å². The van der Waals surface area contributed by atoms with E-state index >= 15 is 0 Å². The van der Waals surface area contributed by atoms with E-state index in [1.165, 1.54) is 6.42 Å². The third-order valence-electron chi connectivity index (χ3n) is 2.79. The Morgan fingerprint density at radius 3 is 2.82 bits per heavy atom. The van der Waals surface area contributed by atoms with Crippen molar-refractivity contribution in [2.24, 2.45) is 0 Å². The predicted molar refractivity (Wildman–Crippen MR) is 65.2 cm³/mol. The van der Waals surface area contributed by atoms with Gasteiger partial charge < -0.3 is 14.8 Å². The summed E-state index contributed by atoms with van der Waals surface area (Å²) in [6, 6.07) is 7.31. The molecule has 1 saturated heterocycles. The maximum Gasteiger partial charge on any atom is 0.211 e. The molecule has 4 heteroatoms. The van der Waals surface area contributed by atoms with Gasteiger partial charge in [-0.1, -0.05) is 0 Å². The highest BCUT2D eigenvalue weighted by molar-refractivity contribution is 5.71. The molecule has 2 rings (SSSR count). The van der Waals surface area contributed by atoms with Crippen molar-refractivity contribution in [1.29, 1.82) is 0 Å². The van der Waals surface area contributed by atoms with Crippen molar-refractivity contribution in [3.8, 4) is 5.75 Å². The van der Waals surface area contributed by atoms with E-state index < -0.39 is 0 Å². The lowest BCUT2D eigenvalue weighted by Crippen LogP contribution is -2.25. The second-order valence-electron chi connectivity index (χ2n) is 4.09. The van der Waals surface area contributed by atoms with Gasteiger partial charge in [-0.2, -0.15) is 0 Å². The number of ether oxygens (including phenoxy) is 2. The van der Waals surface area contributed by atoms with Crippen molar-refractivity contribution in [2.75, 3.05) is 18.5 Å². The summed E-state index contributed by atoms with van der Waals surface area (Å²) >= 11 is 0. The smallest absolute Gasteiger partial charge is 0.211 e. The van der Waals surface area contributed by atoms with Crippen LogP contribution in [0.5, 0.6) is 5.75 Å². The molecule has 1 aromatic carbocycles. The third kappa shape index (κ3) is 3.75. The van der Waals surface area contributed by atoms with Crippen molar-refractivity contribution in [2.45, 2.75) is 25.4 Å². The van der Waals surface area contributed by atoms with Crippen LogP contribution < -0.4 is 10.1 Å². The Kier molecular flexibility index (Phi) is 4.38. The highest BCUT2D eigenvalue weighted by Crippen LogP contribution is 2.18. The van der Waals surface area contributed by atoms with Crippen LogP contribution >= 0.6 is 0 Å². The second kappa shape index (κ2) is 6.25. The molecule has 0 saturated carbocycles. The first kappa shape index (κ1) is 11.9. The molecular weight excluding hydrogens is 218 g/mol. The summed E-state index contributed by atoms with van der Waals surface area (Å²) in [5.41, 5.74) is 0.765. The molecule has 1 atom stereocenters. The second-order valence-corrected chi connectivity index (χ2v) is 4.09. The lowest BCUT2D eigenvalue weighted by atomic mass is 10.1. The van der Waals surface area contributed by atoms with Gasteiger partial charge in [0.25, 0.3) is 0 Å². The van der Waals surface area contributed by atoms with E-state index in [1.54, 1.807) is 0 Å². The van der Waals surface area contributed by atoms with Gasteiger partial charge in [0.1, 0.15) is 12.4 Å². The number of hydrogen-bond donors (Lipinski definition) is 1. The Hall–Kier alpha value is -1.55. The molecule has 1 aliphatic rings. The Balaban J connectivity index is 1.79. The molecule has 1 aromatic rings. The van der Waals surface area contributed by atoms with Gasteiger partial charge in [0.15, 0.2) is 0 Å². The normalized spacial score (nSPS) is 19.6. The zero-order chi connectivity index (χ0) is 11.9. The number of hydrogen-bond acceptors (Lipinski definition) is 3. The number of anilines is 1. The van der Waals surface area contributed by atoms with Gasteiger partial charge >= 0.3 is 0 Å². The van der Waals surface area contributed by atoms with E-state index in [2.05, 4.69) is 5.32 Å². The number of carbonyl (C=O) groups excluding carboxylic acids is 1. The van der Waals surface area contributed by atoms with Crippen molar-refractivity contribution < 1.29 is 14.3 Å². The third-order valence-corrected chi connectivity index (χ3v) is 2.79. The summed E-state index contributed by atoms with van der Waals surface area (Å²) in [7, 11) is 0. The fraction of sp³-hybridized carbons (Fsp3) is 0.462. The zero-order valence-electron chi connectivity index (χ0n) is 9.72. The summed E-state index contributed by atoms with van der Waals surface area (Å²) in [4.78, 5) is 10.2. The number of amides is 1. The van der Waals surface area contributed by atoms with Gasteiger partial charge in [0, 0.05) is 12.3 Å². The summed E-state index contributed by atoms with van der Waals surface area (Å²) in [5.74, 6) is 0.802. The first-order valence-electron chi connectivity index (χ1n) is 5.93. The Bertz CT molecular complexity index is 344. The number of nitrogens with one attached hydrogen (secondary N) is 1. The van der Waals surface area contributed by atoms with Crippen LogP contribution in [0.15, 0.2) is 24.3 Å². The minimum absolute atomic E-state index is 0.219. The van der Waals surface area contributed by atoms with Crippen LogP contribution in [-0.2, 0) is 9.53 Å². The van der Waals surface area contributed by atoms with Crippen LogP contribution in [-0.4, -0.2) is 25.7 Å². The molecule has 0 aromatic heterocycles. The van der Waals surface area contributed by atoms with Crippen LogP contribution in [0.2, 0.25) is 0 Å². The Morgan fingerprint density at radius 1 is 1.35 bits per heavy atom. The number of rotatable bonds is 5. The molecule has 0 aliphatic carbocycles. The first-order valence-corrected chi connectivity index (χ1v) is 5.93. The van der Waals surface area contributed by atoms with Crippen molar-refractivity contribution >= 4 is 12.1 Å². The maximum atomic E-state index is 10.2. The molecule has 92 valence electrons. The van der Waals surface area contributed by atoms with Crippen LogP contribution in [0.4, 0.5) is 5.69 Å². The quantitative estimate of drug-likeness (QED) is 0.796. The highest BCUT2D eigenvalue weighted by Gasteiger charge is 2.14. The molecule has 1 aliphatic heterocycles. The summed E-state index contributed by atoms with van der Waals surface area (Å²) in [5, 5.41) is 2.58. The molecule has 4 nitrogen and oxygen atoms in total. The van der Waals surface area contributed by atoms with Crippen LogP contribution in [0.3, 0.4) is 0 Å². The Labute approximate surface area is 101 Å². The monoisotopic (exact) mass is 235 g/mol. The van der Waals surface area contributed by atoms with Gasteiger partial charge in [-0.25, -0.2) is 0 Å². The minimum Gasteiger partial charge on any atom is -0.491 e. The van der Waals surface area contributed by atoms with E-state index in [0.717, 1.165) is 30.9 Å². The molecule has 1 amide bonds. The van der Waals surface area contributed by atoms with Crippen molar-refractivity contribution in [1.82, 2.24) is 0 Å². The SMILES string of the molecule is O=CNc1ccc(OCC2CCCCO2)cc1.